The number of aromatic nitrogens is 2. The molecule has 2 atom stereocenters. The van der Waals surface area contributed by atoms with Gasteiger partial charge in [0.1, 0.15) is 11.9 Å². The first-order valence-corrected chi connectivity index (χ1v) is 8.99. The van der Waals surface area contributed by atoms with Crippen LogP contribution >= 0.6 is 0 Å². The number of nitrogens with zero attached hydrogens (tertiary/aromatic N) is 4. The zero-order chi connectivity index (χ0) is 17.8. The number of aryl methyl sites for hydroxylation is 1. The van der Waals surface area contributed by atoms with Crippen LogP contribution in [0, 0.1) is 0 Å². The predicted octanol–water partition coefficient (Wildman–Crippen LogP) is 1.00. The van der Waals surface area contributed by atoms with Crippen LogP contribution in [0.1, 0.15) is 10.4 Å². The smallest absolute Gasteiger partial charge is 0.257 e. The van der Waals surface area contributed by atoms with Crippen molar-refractivity contribution in [1.82, 2.24) is 19.6 Å². The number of benzene rings is 1. The van der Waals surface area contributed by atoms with Crippen molar-refractivity contribution in [3.63, 3.8) is 0 Å². The molecule has 0 saturated carbocycles. The van der Waals surface area contributed by atoms with Gasteiger partial charge in [-0.05, 0) is 17.7 Å². The van der Waals surface area contributed by atoms with Crippen molar-refractivity contribution in [2.24, 2.45) is 7.05 Å². The fraction of sp³-hybridized carbons (Fsp3) is 0.474. The van der Waals surface area contributed by atoms with Crippen LogP contribution in [0.2, 0.25) is 0 Å². The summed E-state index contributed by atoms with van der Waals surface area (Å²) >= 11 is 0. The van der Waals surface area contributed by atoms with Gasteiger partial charge in [-0.25, -0.2) is 0 Å². The van der Waals surface area contributed by atoms with Gasteiger partial charge in [0.25, 0.3) is 5.91 Å². The van der Waals surface area contributed by atoms with Crippen LogP contribution in [0.5, 0.6) is 5.75 Å². The number of likely N-dealkylation sites (N-methyl/N-ethyl adjacent to an activating group) is 1. The molecule has 1 amide bonds. The first kappa shape index (κ1) is 15.8. The zero-order valence-corrected chi connectivity index (χ0v) is 15.0. The minimum absolute atomic E-state index is 0.0186. The van der Waals surface area contributed by atoms with E-state index in [1.54, 1.807) is 4.68 Å². The molecule has 26 heavy (non-hydrogen) atoms. The van der Waals surface area contributed by atoms with Gasteiger partial charge in [-0.3, -0.25) is 14.4 Å². The van der Waals surface area contributed by atoms with E-state index in [-0.39, 0.29) is 18.1 Å². The molecule has 1 aromatic carbocycles. The van der Waals surface area contributed by atoms with Gasteiger partial charge < -0.3 is 14.4 Å². The fourth-order valence-electron chi connectivity index (χ4n) is 4.06. The van der Waals surface area contributed by atoms with Crippen LogP contribution in [-0.4, -0.2) is 77.0 Å². The van der Waals surface area contributed by atoms with Gasteiger partial charge in [0, 0.05) is 38.9 Å². The van der Waals surface area contributed by atoms with Crippen LogP contribution in [0.15, 0.2) is 30.6 Å². The molecule has 4 heterocycles. The Morgan fingerprint density at radius 2 is 2.00 bits per heavy atom. The van der Waals surface area contributed by atoms with Gasteiger partial charge in [-0.2, -0.15) is 5.10 Å². The maximum Gasteiger partial charge on any atom is 0.257 e. The summed E-state index contributed by atoms with van der Waals surface area (Å²) < 4.78 is 13.5. The van der Waals surface area contributed by atoms with E-state index in [0.29, 0.717) is 17.4 Å². The summed E-state index contributed by atoms with van der Waals surface area (Å²) in [7, 11) is 3.78. The van der Waals surface area contributed by atoms with Gasteiger partial charge >= 0.3 is 0 Å². The summed E-state index contributed by atoms with van der Waals surface area (Å²) in [5.74, 6) is 0.694. The highest BCUT2D eigenvalue weighted by molar-refractivity contribution is 5.98. The maximum absolute atomic E-state index is 13.0. The summed E-state index contributed by atoms with van der Waals surface area (Å²) in [5.41, 5.74) is 2.65. The quantitative estimate of drug-likeness (QED) is 0.805. The van der Waals surface area contributed by atoms with E-state index in [1.165, 1.54) is 0 Å². The van der Waals surface area contributed by atoms with Crippen LogP contribution < -0.4 is 4.74 Å². The minimum Gasteiger partial charge on any atom is -0.486 e. The monoisotopic (exact) mass is 354 g/mol. The number of hydrogen-bond donors (Lipinski definition) is 0. The molecule has 3 aliphatic heterocycles. The normalized spacial score (nSPS) is 26.1. The third kappa shape index (κ3) is 2.42. The molecule has 2 unspecified atom stereocenters. The largest absolute Gasteiger partial charge is 0.486 e. The highest BCUT2D eigenvalue weighted by Crippen LogP contribution is 2.34. The van der Waals surface area contributed by atoms with Crippen LogP contribution in [0.3, 0.4) is 0 Å². The van der Waals surface area contributed by atoms with E-state index in [9.17, 15) is 4.79 Å². The summed E-state index contributed by atoms with van der Waals surface area (Å²) in [4.78, 5) is 17.2. The van der Waals surface area contributed by atoms with Crippen LogP contribution in [0.25, 0.3) is 11.1 Å². The van der Waals surface area contributed by atoms with Gasteiger partial charge in [-0.1, -0.05) is 6.07 Å². The number of carbonyl (C=O) groups is 1. The molecule has 2 saturated heterocycles. The van der Waals surface area contributed by atoms with Crippen LogP contribution in [0.4, 0.5) is 0 Å². The fourth-order valence-corrected chi connectivity index (χ4v) is 4.06. The average Bonchev–Trinajstić information content (AvgIpc) is 3.16. The van der Waals surface area contributed by atoms with E-state index in [4.69, 9.17) is 9.47 Å². The Hall–Kier alpha value is -2.38. The molecule has 7 nitrogen and oxygen atoms in total. The van der Waals surface area contributed by atoms with Crippen LogP contribution in [-0.2, 0) is 11.8 Å². The van der Waals surface area contributed by atoms with Crippen molar-refractivity contribution in [3.8, 4) is 16.9 Å². The molecule has 0 aliphatic carbocycles. The number of ether oxygens (including phenoxy) is 2. The van der Waals surface area contributed by atoms with E-state index in [2.05, 4.69) is 10.00 Å². The SMILES string of the molecule is CN1C(=O)c2ccc(-c3cnn(C)c3)cc2OC2CN(C3COC3)CC21. The summed E-state index contributed by atoms with van der Waals surface area (Å²) in [5, 5.41) is 4.23. The summed E-state index contributed by atoms with van der Waals surface area (Å²) in [6, 6.07) is 6.32. The van der Waals surface area contributed by atoms with Gasteiger partial charge in [0.2, 0.25) is 0 Å². The van der Waals surface area contributed by atoms with Gasteiger partial charge in [0.15, 0.2) is 0 Å². The summed E-state index contributed by atoms with van der Waals surface area (Å²) in [6.45, 7) is 3.22. The Morgan fingerprint density at radius 3 is 2.69 bits per heavy atom. The number of fused-ring (bicyclic) bond motifs is 2. The van der Waals surface area contributed by atoms with Crippen molar-refractivity contribution >= 4 is 5.91 Å². The number of hydrogen-bond acceptors (Lipinski definition) is 5. The van der Waals surface area contributed by atoms with Crippen molar-refractivity contribution in [2.75, 3.05) is 33.4 Å². The second kappa shape index (κ2) is 5.82. The topological polar surface area (TPSA) is 59.8 Å². The molecular weight excluding hydrogens is 332 g/mol. The number of carbonyl (C=O) groups excluding carboxylic acids is 1. The van der Waals surface area contributed by atoms with Crippen molar-refractivity contribution < 1.29 is 14.3 Å². The van der Waals surface area contributed by atoms with E-state index in [0.717, 1.165) is 37.4 Å². The second-order valence-electron chi connectivity index (χ2n) is 7.40. The third-order valence-corrected chi connectivity index (χ3v) is 5.75. The molecule has 3 aliphatic rings. The van der Waals surface area contributed by atoms with Gasteiger partial charge in [-0.15, -0.1) is 0 Å². The first-order chi connectivity index (χ1) is 12.6. The molecule has 1 aromatic heterocycles. The Labute approximate surface area is 152 Å². The molecule has 2 aromatic rings. The van der Waals surface area contributed by atoms with Crippen molar-refractivity contribution in [3.05, 3.63) is 36.2 Å². The molecule has 0 bridgehead atoms. The zero-order valence-electron chi connectivity index (χ0n) is 15.0. The highest BCUT2D eigenvalue weighted by Gasteiger charge is 2.45. The lowest BCUT2D eigenvalue weighted by atomic mass is 10.1. The Kier molecular flexibility index (Phi) is 3.55. The standard InChI is InChI=1S/C19H22N4O3/c1-21-7-13(6-20-21)12-3-4-15-17(5-12)26-18-9-23(14-10-25-11-14)8-16(18)22(2)19(15)24/h3-7,14,16,18H,8-11H2,1-2H3. The van der Waals surface area contributed by atoms with E-state index < -0.39 is 0 Å². The number of rotatable bonds is 2. The first-order valence-electron chi connectivity index (χ1n) is 8.99. The Morgan fingerprint density at radius 1 is 1.15 bits per heavy atom. The molecule has 7 heteroatoms. The predicted molar refractivity (Wildman–Crippen MR) is 95.1 cm³/mol. The molecule has 0 radical (unpaired) electrons. The third-order valence-electron chi connectivity index (χ3n) is 5.75. The molecule has 2 fully saturated rings. The second-order valence-corrected chi connectivity index (χ2v) is 7.40. The Balaban J connectivity index is 1.48. The molecule has 0 spiro atoms. The molecule has 0 N–H and O–H groups in total. The highest BCUT2D eigenvalue weighted by atomic mass is 16.5. The van der Waals surface area contributed by atoms with E-state index in [1.807, 2.05) is 49.6 Å². The van der Waals surface area contributed by atoms with Crippen molar-refractivity contribution in [1.29, 1.82) is 0 Å². The summed E-state index contributed by atoms with van der Waals surface area (Å²) in [6.07, 6.45) is 3.77. The maximum atomic E-state index is 13.0. The number of likely N-dealkylation sites (tertiary alicyclic amines) is 1. The van der Waals surface area contributed by atoms with Gasteiger partial charge in [0.05, 0.1) is 37.1 Å². The number of amides is 1. The molecule has 5 rings (SSSR count). The lowest BCUT2D eigenvalue weighted by Gasteiger charge is -2.34. The Bertz CT molecular complexity index is 860. The lowest BCUT2D eigenvalue weighted by Crippen LogP contribution is -2.49. The molecular formula is C19H22N4O3. The lowest BCUT2D eigenvalue weighted by molar-refractivity contribution is -0.0599. The molecule has 136 valence electrons. The van der Waals surface area contributed by atoms with E-state index >= 15 is 0 Å². The minimum atomic E-state index is -0.0186. The van der Waals surface area contributed by atoms with Crippen molar-refractivity contribution in [2.45, 2.75) is 18.2 Å². The average molecular weight is 354 g/mol.